The van der Waals surface area contributed by atoms with Crippen molar-refractivity contribution >= 4 is 6.29 Å². The number of carbonyl (C=O) groups is 1. The van der Waals surface area contributed by atoms with Gasteiger partial charge < -0.3 is 4.79 Å². The second kappa shape index (κ2) is 5.79. The lowest BCUT2D eigenvalue weighted by atomic mass is 9.83. The van der Waals surface area contributed by atoms with Crippen molar-refractivity contribution in [2.75, 3.05) is 0 Å². The normalized spacial score (nSPS) is 21.3. The lowest BCUT2D eigenvalue weighted by molar-refractivity contribution is -0.107. The zero-order chi connectivity index (χ0) is 10.4. The highest BCUT2D eigenvalue weighted by molar-refractivity contribution is 5.54. The van der Waals surface area contributed by atoms with Crippen LogP contribution in [0.15, 0.2) is 23.3 Å². The van der Waals surface area contributed by atoms with E-state index >= 15 is 0 Å². The van der Waals surface area contributed by atoms with Crippen LogP contribution in [0.5, 0.6) is 0 Å². The molecule has 1 nitrogen and oxygen atoms in total. The van der Waals surface area contributed by atoms with E-state index in [1.54, 1.807) is 0 Å². The van der Waals surface area contributed by atoms with Crippen molar-refractivity contribution in [1.29, 1.82) is 0 Å². The lowest BCUT2D eigenvalue weighted by Gasteiger charge is -2.22. The Kier molecular flexibility index (Phi) is 4.64. The van der Waals surface area contributed by atoms with Gasteiger partial charge in [-0.05, 0) is 45.4 Å². The minimum Gasteiger partial charge on any atom is -0.303 e. The Morgan fingerprint density at radius 1 is 1.57 bits per heavy atom. The predicted octanol–water partition coefficient (Wildman–Crippen LogP) is 3.66. The summed E-state index contributed by atoms with van der Waals surface area (Å²) in [7, 11) is 0. The van der Waals surface area contributed by atoms with Crippen LogP contribution in [0, 0.1) is 5.92 Å². The Bertz CT molecular complexity index is 244. The molecule has 0 saturated heterocycles. The molecular formula is C13H20O. The molecule has 0 spiro atoms. The van der Waals surface area contributed by atoms with Gasteiger partial charge in [0.25, 0.3) is 0 Å². The smallest absolute Gasteiger partial charge is 0.124 e. The van der Waals surface area contributed by atoms with Crippen molar-refractivity contribution in [3.8, 4) is 0 Å². The molecule has 0 heterocycles. The van der Waals surface area contributed by atoms with Gasteiger partial charge in [-0.25, -0.2) is 0 Å². The highest BCUT2D eigenvalue weighted by Gasteiger charge is 2.15. The van der Waals surface area contributed by atoms with Gasteiger partial charge in [0.1, 0.15) is 6.29 Å². The second-order valence-electron chi connectivity index (χ2n) is 4.29. The first-order chi connectivity index (χ1) is 6.74. The molecule has 1 aliphatic carbocycles. The van der Waals surface area contributed by atoms with Crippen LogP contribution in [-0.2, 0) is 4.79 Å². The third-order valence-electron chi connectivity index (χ3n) is 2.82. The summed E-state index contributed by atoms with van der Waals surface area (Å²) in [6.07, 6.45) is 11.0. The standard InChI is InChI=1S/C13H20O/c1-11(2)7-8-12-5-3-4-6-13(12)9-10-14/h6-7,10,12H,3-5,8-9H2,1-2H3. The van der Waals surface area contributed by atoms with Gasteiger partial charge in [-0.1, -0.05) is 23.3 Å². The van der Waals surface area contributed by atoms with E-state index in [0.717, 1.165) is 19.1 Å². The van der Waals surface area contributed by atoms with E-state index < -0.39 is 0 Å². The third-order valence-corrected chi connectivity index (χ3v) is 2.82. The second-order valence-corrected chi connectivity index (χ2v) is 4.29. The first-order valence-electron chi connectivity index (χ1n) is 5.50. The van der Waals surface area contributed by atoms with E-state index in [0.29, 0.717) is 12.3 Å². The van der Waals surface area contributed by atoms with Crippen molar-refractivity contribution in [2.24, 2.45) is 5.92 Å². The van der Waals surface area contributed by atoms with Gasteiger partial charge >= 0.3 is 0 Å². The number of hydrogen-bond donors (Lipinski definition) is 0. The van der Waals surface area contributed by atoms with Crippen LogP contribution >= 0.6 is 0 Å². The van der Waals surface area contributed by atoms with Crippen LogP contribution in [0.2, 0.25) is 0 Å². The maximum absolute atomic E-state index is 10.5. The molecule has 0 bridgehead atoms. The van der Waals surface area contributed by atoms with Crippen molar-refractivity contribution in [2.45, 2.75) is 46.0 Å². The van der Waals surface area contributed by atoms with Gasteiger partial charge in [0, 0.05) is 6.42 Å². The van der Waals surface area contributed by atoms with Crippen LogP contribution in [0.25, 0.3) is 0 Å². The number of aldehydes is 1. The number of hydrogen-bond acceptors (Lipinski definition) is 1. The van der Waals surface area contributed by atoms with Crippen molar-refractivity contribution in [1.82, 2.24) is 0 Å². The first kappa shape index (κ1) is 11.2. The van der Waals surface area contributed by atoms with Crippen molar-refractivity contribution in [3.63, 3.8) is 0 Å². The van der Waals surface area contributed by atoms with E-state index in [4.69, 9.17) is 0 Å². The molecule has 0 aromatic heterocycles. The van der Waals surface area contributed by atoms with Gasteiger partial charge in [0.15, 0.2) is 0 Å². The molecule has 1 unspecified atom stereocenters. The van der Waals surface area contributed by atoms with Crippen LogP contribution < -0.4 is 0 Å². The summed E-state index contributed by atoms with van der Waals surface area (Å²) < 4.78 is 0. The maximum Gasteiger partial charge on any atom is 0.124 e. The Labute approximate surface area is 86.9 Å². The summed E-state index contributed by atoms with van der Waals surface area (Å²) in [6, 6.07) is 0. The monoisotopic (exact) mass is 192 g/mol. The number of carbonyl (C=O) groups excluding carboxylic acids is 1. The zero-order valence-corrected chi connectivity index (χ0v) is 9.25. The fourth-order valence-corrected chi connectivity index (χ4v) is 2.00. The first-order valence-corrected chi connectivity index (χ1v) is 5.50. The van der Waals surface area contributed by atoms with Gasteiger partial charge in [-0.2, -0.15) is 0 Å². The van der Waals surface area contributed by atoms with Crippen LogP contribution in [0.4, 0.5) is 0 Å². The highest BCUT2D eigenvalue weighted by atomic mass is 16.1. The minimum atomic E-state index is 0.629. The summed E-state index contributed by atoms with van der Waals surface area (Å²) >= 11 is 0. The average Bonchev–Trinajstić information content (AvgIpc) is 2.17. The fraction of sp³-hybridized carbons (Fsp3) is 0.615. The third kappa shape index (κ3) is 3.49. The van der Waals surface area contributed by atoms with Crippen molar-refractivity contribution in [3.05, 3.63) is 23.3 Å². The molecule has 1 rings (SSSR count). The molecule has 14 heavy (non-hydrogen) atoms. The van der Waals surface area contributed by atoms with Crippen LogP contribution in [-0.4, -0.2) is 6.29 Å². The summed E-state index contributed by atoms with van der Waals surface area (Å²) in [5, 5.41) is 0. The fourth-order valence-electron chi connectivity index (χ4n) is 2.00. The molecule has 0 fully saturated rings. The summed E-state index contributed by atoms with van der Waals surface area (Å²) in [5.74, 6) is 0.629. The Morgan fingerprint density at radius 3 is 3.00 bits per heavy atom. The van der Waals surface area contributed by atoms with E-state index in [1.807, 2.05) is 0 Å². The van der Waals surface area contributed by atoms with E-state index in [-0.39, 0.29) is 0 Å². The maximum atomic E-state index is 10.5. The Balaban J connectivity index is 2.56. The SMILES string of the molecule is CC(C)=CCC1CCCC=C1CC=O. The van der Waals surface area contributed by atoms with Gasteiger partial charge in [0.05, 0.1) is 0 Å². The topological polar surface area (TPSA) is 17.1 Å². The molecule has 0 saturated carbocycles. The predicted molar refractivity (Wildman–Crippen MR) is 60.2 cm³/mol. The molecule has 0 aromatic carbocycles. The zero-order valence-electron chi connectivity index (χ0n) is 9.25. The molecule has 78 valence electrons. The van der Waals surface area contributed by atoms with E-state index in [2.05, 4.69) is 26.0 Å². The van der Waals surface area contributed by atoms with E-state index in [9.17, 15) is 4.79 Å². The van der Waals surface area contributed by atoms with Gasteiger partial charge in [-0.15, -0.1) is 0 Å². The van der Waals surface area contributed by atoms with Crippen LogP contribution in [0.1, 0.15) is 46.0 Å². The lowest BCUT2D eigenvalue weighted by Crippen LogP contribution is -2.08. The van der Waals surface area contributed by atoms with Crippen LogP contribution in [0.3, 0.4) is 0 Å². The molecule has 0 aliphatic heterocycles. The molecule has 1 heteroatoms. The minimum absolute atomic E-state index is 0.629. The largest absolute Gasteiger partial charge is 0.303 e. The Morgan fingerprint density at radius 2 is 2.36 bits per heavy atom. The Hall–Kier alpha value is -0.850. The van der Waals surface area contributed by atoms with Gasteiger partial charge in [-0.3, -0.25) is 0 Å². The number of rotatable bonds is 4. The molecule has 0 amide bonds. The molecule has 0 N–H and O–H groups in total. The molecule has 1 aliphatic rings. The summed E-state index contributed by atoms with van der Waals surface area (Å²) in [5.41, 5.74) is 2.74. The number of allylic oxidation sites excluding steroid dienone is 4. The summed E-state index contributed by atoms with van der Waals surface area (Å²) in [6.45, 7) is 4.26. The van der Waals surface area contributed by atoms with Crippen molar-refractivity contribution < 1.29 is 4.79 Å². The molecule has 0 radical (unpaired) electrons. The average molecular weight is 192 g/mol. The molecular weight excluding hydrogens is 172 g/mol. The summed E-state index contributed by atoms with van der Waals surface area (Å²) in [4.78, 5) is 10.5. The molecule has 0 aromatic rings. The molecule has 1 atom stereocenters. The van der Waals surface area contributed by atoms with E-state index in [1.165, 1.54) is 24.0 Å². The quantitative estimate of drug-likeness (QED) is 0.491. The highest BCUT2D eigenvalue weighted by Crippen LogP contribution is 2.29. The van der Waals surface area contributed by atoms with Gasteiger partial charge in [0.2, 0.25) is 0 Å².